The number of rotatable bonds is 4. The lowest BCUT2D eigenvalue weighted by molar-refractivity contribution is 0.0637. The highest BCUT2D eigenvalue weighted by Crippen LogP contribution is 2.28. The highest BCUT2D eigenvalue weighted by atomic mass is 16.2. The molecule has 1 heterocycles. The minimum Gasteiger partial charge on any atom is -0.331 e. The van der Waals surface area contributed by atoms with Crippen LogP contribution in [-0.4, -0.2) is 16.8 Å². The van der Waals surface area contributed by atoms with Gasteiger partial charge in [0.2, 0.25) is 0 Å². The van der Waals surface area contributed by atoms with Crippen molar-refractivity contribution in [3.63, 3.8) is 0 Å². The monoisotopic (exact) mass is 231 g/mol. The van der Waals surface area contributed by atoms with Crippen LogP contribution in [0.1, 0.15) is 49.5 Å². The maximum absolute atomic E-state index is 12.3. The van der Waals surface area contributed by atoms with E-state index in [0.29, 0.717) is 12.0 Å². The van der Waals surface area contributed by atoms with Gasteiger partial charge in [-0.3, -0.25) is 4.79 Å². The van der Waals surface area contributed by atoms with E-state index in [4.69, 9.17) is 0 Å². The number of hydrogen-bond acceptors (Lipinski definition) is 1. The molecule has 0 unspecified atom stereocenters. The number of fused-ring (bicyclic) bond motifs is 1. The number of nitrogens with zero attached hydrogens (tertiary/aromatic N) is 1. The third-order valence-electron chi connectivity index (χ3n) is 3.60. The van der Waals surface area contributed by atoms with Crippen LogP contribution >= 0.6 is 0 Å². The maximum Gasteiger partial charge on any atom is 0.254 e. The van der Waals surface area contributed by atoms with Gasteiger partial charge < -0.3 is 4.90 Å². The predicted molar refractivity (Wildman–Crippen MR) is 69.8 cm³/mol. The molecule has 0 bridgehead atoms. The molecule has 1 aliphatic heterocycles. The zero-order chi connectivity index (χ0) is 12.4. The van der Waals surface area contributed by atoms with E-state index < -0.39 is 0 Å². The average molecular weight is 231 g/mol. The van der Waals surface area contributed by atoms with Crippen LogP contribution in [0.4, 0.5) is 0 Å². The van der Waals surface area contributed by atoms with Gasteiger partial charge in [0.1, 0.15) is 0 Å². The number of hydrogen-bond donors (Lipinski definition) is 0. The van der Waals surface area contributed by atoms with Crippen molar-refractivity contribution in [3.05, 3.63) is 35.4 Å². The highest BCUT2D eigenvalue weighted by Gasteiger charge is 2.33. The Balaban J connectivity index is 2.23. The summed E-state index contributed by atoms with van der Waals surface area (Å²) in [5.74, 6) is 0.737. The topological polar surface area (TPSA) is 20.3 Å². The van der Waals surface area contributed by atoms with Crippen LogP contribution in [0.2, 0.25) is 0 Å². The second-order valence-electron chi connectivity index (χ2n) is 5.19. The van der Waals surface area contributed by atoms with Gasteiger partial charge in [-0.2, -0.15) is 0 Å². The first kappa shape index (κ1) is 12.2. The van der Waals surface area contributed by atoms with Crippen molar-refractivity contribution in [2.75, 3.05) is 0 Å². The van der Waals surface area contributed by atoms with Crippen molar-refractivity contribution in [3.8, 4) is 0 Å². The summed E-state index contributed by atoms with van der Waals surface area (Å²) < 4.78 is 0. The van der Waals surface area contributed by atoms with E-state index in [1.54, 1.807) is 0 Å². The molecule has 92 valence electrons. The van der Waals surface area contributed by atoms with Gasteiger partial charge in [0.05, 0.1) is 0 Å². The summed E-state index contributed by atoms with van der Waals surface area (Å²) in [4.78, 5) is 14.4. The third kappa shape index (κ3) is 2.21. The molecule has 0 radical (unpaired) electrons. The van der Waals surface area contributed by atoms with E-state index >= 15 is 0 Å². The van der Waals surface area contributed by atoms with Gasteiger partial charge in [-0.25, -0.2) is 0 Å². The van der Waals surface area contributed by atoms with Crippen molar-refractivity contribution in [1.82, 2.24) is 4.90 Å². The number of carbonyl (C=O) groups is 1. The Morgan fingerprint density at radius 1 is 1.29 bits per heavy atom. The Morgan fingerprint density at radius 3 is 2.59 bits per heavy atom. The molecule has 2 nitrogen and oxygen atoms in total. The average Bonchev–Trinajstić information content (AvgIpc) is 2.64. The van der Waals surface area contributed by atoms with Crippen molar-refractivity contribution in [2.24, 2.45) is 5.92 Å². The van der Waals surface area contributed by atoms with Crippen LogP contribution in [0.15, 0.2) is 24.3 Å². The van der Waals surface area contributed by atoms with E-state index in [-0.39, 0.29) is 5.91 Å². The Hall–Kier alpha value is -1.31. The molecular formula is C15H21NO. The lowest BCUT2D eigenvalue weighted by Gasteiger charge is -2.30. The zero-order valence-corrected chi connectivity index (χ0v) is 10.9. The fourth-order valence-corrected chi connectivity index (χ4v) is 2.69. The van der Waals surface area contributed by atoms with E-state index in [1.807, 2.05) is 18.2 Å². The van der Waals surface area contributed by atoms with Crippen LogP contribution in [-0.2, 0) is 6.54 Å². The molecule has 0 spiro atoms. The molecule has 0 N–H and O–H groups in total. The van der Waals surface area contributed by atoms with Gasteiger partial charge in [0.15, 0.2) is 0 Å². The highest BCUT2D eigenvalue weighted by molar-refractivity contribution is 5.98. The minimum atomic E-state index is 0.216. The summed E-state index contributed by atoms with van der Waals surface area (Å²) in [6.07, 6.45) is 2.22. The second-order valence-corrected chi connectivity index (χ2v) is 5.19. The number of amides is 1. The molecule has 1 amide bonds. The first-order valence-corrected chi connectivity index (χ1v) is 6.54. The predicted octanol–water partition coefficient (Wildman–Crippen LogP) is 3.47. The maximum atomic E-state index is 12.3. The van der Waals surface area contributed by atoms with Crippen LogP contribution in [0.25, 0.3) is 0 Å². The lowest BCUT2D eigenvalue weighted by atomic mass is 9.98. The molecule has 1 aliphatic rings. The van der Waals surface area contributed by atoms with Gasteiger partial charge >= 0.3 is 0 Å². The molecule has 0 fully saturated rings. The fourth-order valence-electron chi connectivity index (χ4n) is 2.69. The van der Waals surface area contributed by atoms with Crippen molar-refractivity contribution in [1.29, 1.82) is 0 Å². The van der Waals surface area contributed by atoms with Crippen molar-refractivity contribution < 1.29 is 4.79 Å². The molecule has 0 aliphatic carbocycles. The quantitative estimate of drug-likeness (QED) is 0.777. The molecule has 2 rings (SSSR count). The van der Waals surface area contributed by atoms with Crippen LogP contribution in [0.3, 0.4) is 0 Å². The van der Waals surface area contributed by atoms with Crippen LogP contribution in [0, 0.1) is 5.92 Å². The Bertz CT molecular complexity index is 411. The second kappa shape index (κ2) is 4.91. The summed E-state index contributed by atoms with van der Waals surface area (Å²) >= 11 is 0. The molecule has 2 heteroatoms. The lowest BCUT2D eigenvalue weighted by Crippen LogP contribution is -2.39. The molecule has 1 aromatic carbocycles. The first-order chi connectivity index (χ1) is 8.15. The molecular weight excluding hydrogens is 210 g/mol. The fraction of sp³-hybridized carbons (Fsp3) is 0.533. The minimum absolute atomic E-state index is 0.216. The van der Waals surface area contributed by atoms with Crippen molar-refractivity contribution >= 4 is 5.91 Å². The van der Waals surface area contributed by atoms with Gasteiger partial charge in [0.25, 0.3) is 5.91 Å². The largest absolute Gasteiger partial charge is 0.331 e. The van der Waals surface area contributed by atoms with Gasteiger partial charge in [0, 0.05) is 18.2 Å². The van der Waals surface area contributed by atoms with E-state index in [9.17, 15) is 4.79 Å². The normalized spacial score (nSPS) is 16.5. The first-order valence-electron chi connectivity index (χ1n) is 6.54. The molecule has 17 heavy (non-hydrogen) atoms. The summed E-state index contributed by atoms with van der Waals surface area (Å²) in [5.41, 5.74) is 2.08. The van der Waals surface area contributed by atoms with Gasteiger partial charge in [-0.1, -0.05) is 45.4 Å². The number of benzene rings is 1. The SMILES string of the molecule is CCC[C@H](C(C)C)N1Cc2ccccc2C1=O. The number of carbonyl (C=O) groups excluding carboxylic acids is 1. The zero-order valence-electron chi connectivity index (χ0n) is 10.9. The Labute approximate surface area is 104 Å². The molecule has 0 saturated heterocycles. The van der Waals surface area contributed by atoms with Crippen LogP contribution < -0.4 is 0 Å². The standard InChI is InChI=1S/C15H21NO/c1-4-7-14(11(2)3)16-10-12-8-5-6-9-13(12)15(16)17/h5-6,8-9,11,14H,4,7,10H2,1-3H3/t14-/m1/s1. The van der Waals surface area contributed by atoms with Gasteiger partial charge in [-0.15, -0.1) is 0 Å². The molecule has 0 saturated carbocycles. The summed E-state index contributed by atoms with van der Waals surface area (Å²) in [5, 5.41) is 0. The Morgan fingerprint density at radius 2 is 2.00 bits per heavy atom. The molecule has 1 atom stereocenters. The summed E-state index contributed by atoms with van der Waals surface area (Å²) in [6.45, 7) is 7.38. The summed E-state index contributed by atoms with van der Waals surface area (Å²) in [7, 11) is 0. The van der Waals surface area contributed by atoms with Crippen molar-refractivity contribution in [2.45, 2.75) is 46.2 Å². The summed E-state index contributed by atoms with van der Waals surface area (Å²) in [6, 6.07) is 8.35. The van der Waals surface area contributed by atoms with E-state index in [1.165, 1.54) is 5.56 Å². The molecule has 1 aromatic rings. The smallest absolute Gasteiger partial charge is 0.254 e. The Kier molecular flexibility index (Phi) is 3.51. The van der Waals surface area contributed by atoms with Gasteiger partial charge in [-0.05, 0) is 24.0 Å². The third-order valence-corrected chi connectivity index (χ3v) is 3.60. The van der Waals surface area contributed by atoms with E-state index in [0.717, 1.165) is 24.9 Å². The van der Waals surface area contributed by atoms with E-state index in [2.05, 4.69) is 31.7 Å². The van der Waals surface area contributed by atoms with Crippen LogP contribution in [0.5, 0.6) is 0 Å². The molecule has 0 aromatic heterocycles.